The summed E-state index contributed by atoms with van der Waals surface area (Å²) in [4.78, 5) is 13.5. The summed E-state index contributed by atoms with van der Waals surface area (Å²) in [7, 11) is 6.18. The summed E-state index contributed by atoms with van der Waals surface area (Å²) >= 11 is 0. The van der Waals surface area contributed by atoms with Crippen molar-refractivity contribution in [2.75, 3.05) is 50.5 Å². The van der Waals surface area contributed by atoms with Crippen molar-refractivity contribution in [2.24, 2.45) is 0 Å². The highest BCUT2D eigenvalue weighted by Crippen LogP contribution is 2.46. The van der Waals surface area contributed by atoms with Crippen molar-refractivity contribution in [2.45, 2.75) is 0 Å². The van der Waals surface area contributed by atoms with Crippen LogP contribution in [0.4, 0.5) is 85.3 Å². The van der Waals surface area contributed by atoms with E-state index in [4.69, 9.17) is 5.26 Å². The maximum atomic E-state index is 9.30. The molecule has 0 fully saturated rings. The number of nitrogens with zero attached hydrogens (tertiary/aromatic N) is 8. The summed E-state index contributed by atoms with van der Waals surface area (Å²) in [5.74, 6) is 0. The highest BCUT2D eigenvalue weighted by atomic mass is 15.2. The molecule has 109 heavy (non-hydrogen) atoms. The zero-order valence-electron chi connectivity index (χ0n) is 60.8. The van der Waals surface area contributed by atoms with Gasteiger partial charge in [0.2, 0.25) is 0 Å². The highest BCUT2D eigenvalue weighted by molar-refractivity contribution is 6.07. The van der Waals surface area contributed by atoms with Crippen molar-refractivity contribution >= 4 is 150 Å². The first-order chi connectivity index (χ1) is 53.7. The van der Waals surface area contributed by atoms with Crippen LogP contribution in [0.25, 0.3) is 64.6 Å². The molecule has 8 nitrogen and oxygen atoms in total. The van der Waals surface area contributed by atoms with Gasteiger partial charge in [0.05, 0.1) is 46.0 Å². The fourth-order valence-corrected chi connectivity index (χ4v) is 14.6. The molecular weight excluding hydrogens is 1330 g/mol. The van der Waals surface area contributed by atoms with E-state index in [-0.39, 0.29) is 0 Å². The van der Waals surface area contributed by atoms with Crippen molar-refractivity contribution in [3.05, 3.63) is 418 Å². The van der Waals surface area contributed by atoms with Gasteiger partial charge in [-0.25, -0.2) is 0 Å². The number of hydrogen-bond donors (Lipinski definition) is 0. The Labute approximate surface area is 636 Å². The van der Waals surface area contributed by atoms with Crippen molar-refractivity contribution in [1.29, 1.82) is 10.5 Å². The highest BCUT2D eigenvalue weighted by Gasteiger charge is 2.22. The fraction of sp³-hybridized carbons (Fsp3) is 0.0297. The topological polar surface area (TPSA) is 67.0 Å². The summed E-state index contributed by atoms with van der Waals surface area (Å²) in [6.07, 6.45) is 0. The van der Waals surface area contributed by atoms with Crippen LogP contribution in [-0.4, -0.2) is 21.1 Å². The van der Waals surface area contributed by atoms with Gasteiger partial charge in [0, 0.05) is 105 Å². The summed E-state index contributed by atoms with van der Waals surface area (Å²) < 4.78 is 0. The predicted octanol–water partition coefficient (Wildman–Crippen LogP) is 27.4. The smallest absolute Gasteiger partial charge is 0.0992 e. The number of fused-ring (bicyclic) bond motifs is 6. The maximum absolute atomic E-state index is 9.30. The molecule has 0 radical (unpaired) electrons. The first kappa shape index (κ1) is 68.7. The van der Waals surface area contributed by atoms with E-state index in [1.54, 1.807) is 0 Å². The van der Waals surface area contributed by atoms with E-state index < -0.39 is 0 Å². The van der Waals surface area contributed by atoms with Crippen LogP contribution in [0.5, 0.6) is 0 Å². The van der Waals surface area contributed by atoms with E-state index in [0.29, 0.717) is 11.1 Å². The summed E-state index contributed by atoms with van der Waals surface area (Å²) in [6.45, 7) is 0. The number of rotatable bonds is 15. The largest absolute Gasteiger partial charge is 0.345 e. The average molecular weight is 1400 g/mol. The number of anilines is 15. The Morgan fingerprint density at radius 1 is 0.174 bits per heavy atom. The molecular formula is C101H76N8. The minimum absolute atomic E-state index is 0.652. The number of benzene rings is 18. The van der Waals surface area contributed by atoms with Crippen LogP contribution in [0.15, 0.2) is 406 Å². The Hall–Kier alpha value is -14.7. The normalized spacial score (nSPS) is 10.9. The molecule has 0 heterocycles. The van der Waals surface area contributed by atoms with Crippen LogP contribution in [0, 0.1) is 22.7 Å². The van der Waals surface area contributed by atoms with Crippen LogP contribution < -0.4 is 29.4 Å². The molecule has 0 atom stereocenters. The first-order valence-electron chi connectivity index (χ1n) is 36.6. The van der Waals surface area contributed by atoms with Crippen LogP contribution in [-0.2, 0) is 0 Å². The molecule has 0 aliphatic rings. The van der Waals surface area contributed by atoms with E-state index in [9.17, 15) is 5.26 Å². The lowest BCUT2D eigenvalue weighted by Gasteiger charge is -2.29. The summed E-state index contributed by atoms with van der Waals surface area (Å²) in [5, 5.41) is 33.0. The van der Waals surface area contributed by atoms with Crippen LogP contribution in [0.1, 0.15) is 11.1 Å². The van der Waals surface area contributed by atoms with E-state index >= 15 is 0 Å². The third-order valence-corrected chi connectivity index (χ3v) is 20.4. The summed E-state index contributed by atoms with van der Waals surface area (Å²) in [5.41, 5.74) is 17.9. The van der Waals surface area contributed by atoms with Gasteiger partial charge >= 0.3 is 0 Å². The fourth-order valence-electron chi connectivity index (χ4n) is 14.6. The third kappa shape index (κ3) is 14.5. The van der Waals surface area contributed by atoms with E-state index in [1.807, 2.05) is 68.7 Å². The predicted molar refractivity (Wildman–Crippen MR) is 461 cm³/mol. The van der Waals surface area contributed by atoms with Gasteiger partial charge in [-0.05, 0) is 219 Å². The molecule has 520 valence electrons. The second kappa shape index (κ2) is 31.3. The molecule has 0 saturated carbocycles. The minimum atomic E-state index is 0.652. The van der Waals surface area contributed by atoms with Gasteiger partial charge < -0.3 is 29.4 Å². The Kier molecular flexibility index (Phi) is 19.7. The van der Waals surface area contributed by atoms with Crippen LogP contribution in [0.2, 0.25) is 0 Å². The summed E-state index contributed by atoms with van der Waals surface area (Å²) in [6, 6.07) is 147. The second-order valence-corrected chi connectivity index (χ2v) is 26.9. The number of nitriles is 2. The maximum Gasteiger partial charge on any atom is 0.0992 e. The molecule has 0 bridgehead atoms. The zero-order valence-corrected chi connectivity index (χ0v) is 60.8. The van der Waals surface area contributed by atoms with Gasteiger partial charge in [-0.1, -0.05) is 231 Å². The lowest BCUT2D eigenvalue weighted by atomic mass is 10.0. The van der Waals surface area contributed by atoms with Crippen LogP contribution in [0.3, 0.4) is 0 Å². The van der Waals surface area contributed by atoms with Gasteiger partial charge in [-0.3, -0.25) is 0 Å². The van der Waals surface area contributed by atoms with Crippen molar-refractivity contribution in [3.8, 4) is 12.1 Å². The van der Waals surface area contributed by atoms with Crippen molar-refractivity contribution in [3.63, 3.8) is 0 Å². The molecule has 8 heteroatoms. The standard InChI is InChI=1S/2C34H25N3.C33H26N2/c1-36(30-14-6-9-25(23-30)24-35)28-19-21-29(22-20-28)37(33-17-7-12-26-10-2-4-15-31(26)33)34-18-8-13-27-11-3-5-16-32(27)34;1-36(28-18-16-25(24-35)17-19-28)29-20-22-30(23-21-29)37(33-14-6-10-26-8-2-4-12-31(26)33)34-15-7-11-27-9-3-5-13-32(27)34;1-34(29-13-3-2-4-14-29)30-19-21-31(22-20-30)35(32-17-15-25-9-5-7-11-27(25)23-32)33-18-16-26-10-6-8-12-28(26)24-33/h2*2-23H,1H3;2-24H,1H3. The van der Waals surface area contributed by atoms with Gasteiger partial charge in [0.15, 0.2) is 0 Å². The van der Waals surface area contributed by atoms with E-state index in [1.165, 1.54) is 70.3 Å². The van der Waals surface area contributed by atoms with Gasteiger partial charge in [0.1, 0.15) is 0 Å². The van der Waals surface area contributed by atoms with Crippen LogP contribution >= 0.6 is 0 Å². The monoisotopic (exact) mass is 1400 g/mol. The Bertz CT molecular complexity index is 6090. The quantitative estimate of drug-likeness (QED) is 0.101. The minimum Gasteiger partial charge on any atom is -0.345 e. The number of para-hydroxylation sites is 1. The third-order valence-electron chi connectivity index (χ3n) is 20.4. The average Bonchev–Trinajstić information content (AvgIpc) is 0.774. The molecule has 18 rings (SSSR count). The van der Waals surface area contributed by atoms with Crippen molar-refractivity contribution < 1.29 is 0 Å². The van der Waals surface area contributed by atoms with E-state index in [0.717, 1.165) is 79.6 Å². The molecule has 0 aliphatic heterocycles. The Morgan fingerprint density at radius 3 is 0.798 bits per heavy atom. The zero-order chi connectivity index (χ0) is 74.0. The molecule has 0 aromatic heterocycles. The Balaban J connectivity index is 0.000000125. The van der Waals surface area contributed by atoms with Gasteiger partial charge in [-0.2, -0.15) is 10.5 Å². The molecule has 0 aliphatic carbocycles. The number of hydrogen-bond acceptors (Lipinski definition) is 8. The molecule has 18 aromatic carbocycles. The lowest BCUT2D eigenvalue weighted by molar-refractivity contribution is 1.20. The second-order valence-electron chi connectivity index (χ2n) is 26.9. The Morgan fingerprint density at radius 2 is 0.431 bits per heavy atom. The van der Waals surface area contributed by atoms with Gasteiger partial charge in [0.25, 0.3) is 0 Å². The molecule has 18 aromatic rings. The molecule has 0 spiro atoms. The lowest BCUT2D eigenvalue weighted by Crippen LogP contribution is -2.12. The SMILES string of the molecule is CN(c1ccc(C#N)cc1)c1ccc(N(c2cccc3ccccc23)c2cccc3ccccc23)cc1.CN(c1ccc(N(c2cccc3ccccc23)c2cccc3ccccc23)cc1)c1cccc(C#N)c1.CN(c1ccccc1)c1ccc(N(c2ccc3ccccc3c2)c2ccc3ccccc3c2)cc1. The molecule has 0 amide bonds. The van der Waals surface area contributed by atoms with Crippen molar-refractivity contribution in [1.82, 2.24) is 0 Å². The molecule has 0 saturated heterocycles. The molecule has 0 unspecified atom stereocenters. The molecule has 0 N–H and O–H groups in total. The van der Waals surface area contributed by atoms with Gasteiger partial charge in [-0.15, -0.1) is 0 Å². The first-order valence-corrected chi connectivity index (χ1v) is 36.6. The van der Waals surface area contributed by atoms with E-state index in [2.05, 4.69) is 400 Å².